The molecule has 0 aliphatic rings. The van der Waals surface area contributed by atoms with Crippen LogP contribution in [0.5, 0.6) is 5.88 Å². The largest absolute Gasteiger partial charge is 0.467 e. The summed E-state index contributed by atoms with van der Waals surface area (Å²) in [5, 5.41) is 7.50. The number of rotatable bonds is 5. The lowest BCUT2D eigenvalue weighted by molar-refractivity contribution is -0.118. The molecule has 2 aromatic carbocycles. The van der Waals surface area contributed by atoms with Gasteiger partial charge in [-0.15, -0.1) is 0 Å². The standard InChI is InChI=1S/C22H20N4O3/c1-13-9-10-17(11-14(13)2)25-18(27)12-28-21-19-20(16-7-5-4-6-8-16)26-29-22(19)24-15(3)23-21/h4-11H,12H2,1-3H3,(H,25,27). The molecule has 7 nitrogen and oxygen atoms in total. The van der Waals surface area contributed by atoms with E-state index in [4.69, 9.17) is 9.26 Å². The first kappa shape index (κ1) is 18.6. The van der Waals surface area contributed by atoms with E-state index in [2.05, 4.69) is 20.4 Å². The molecule has 7 heteroatoms. The van der Waals surface area contributed by atoms with Gasteiger partial charge < -0.3 is 14.6 Å². The summed E-state index contributed by atoms with van der Waals surface area (Å²) in [6, 6.07) is 15.3. The molecule has 0 saturated carbocycles. The molecule has 0 atom stereocenters. The van der Waals surface area contributed by atoms with Gasteiger partial charge in [0.1, 0.15) is 16.9 Å². The van der Waals surface area contributed by atoms with Crippen molar-refractivity contribution >= 4 is 22.7 Å². The first-order valence-corrected chi connectivity index (χ1v) is 9.20. The summed E-state index contributed by atoms with van der Waals surface area (Å²) in [5.74, 6) is 0.455. The fraction of sp³-hybridized carbons (Fsp3) is 0.182. The molecule has 0 aliphatic heterocycles. The van der Waals surface area contributed by atoms with Crippen LogP contribution in [0.4, 0.5) is 5.69 Å². The zero-order valence-corrected chi connectivity index (χ0v) is 16.4. The van der Waals surface area contributed by atoms with Crippen LogP contribution in [0.2, 0.25) is 0 Å². The highest BCUT2D eigenvalue weighted by Crippen LogP contribution is 2.32. The second kappa shape index (κ2) is 7.71. The number of carbonyl (C=O) groups excluding carboxylic acids is 1. The summed E-state index contributed by atoms with van der Waals surface area (Å²) in [6.45, 7) is 5.55. The zero-order chi connectivity index (χ0) is 20.4. The van der Waals surface area contributed by atoms with E-state index >= 15 is 0 Å². The Morgan fingerprint density at radius 3 is 2.59 bits per heavy atom. The number of amides is 1. The smallest absolute Gasteiger partial charge is 0.265 e. The first-order chi connectivity index (χ1) is 14.0. The number of nitrogens with zero attached hydrogens (tertiary/aromatic N) is 3. The van der Waals surface area contributed by atoms with Gasteiger partial charge in [-0.3, -0.25) is 4.79 Å². The van der Waals surface area contributed by atoms with E-state index in [0.29, 0.717) is 22.6 Å². The molecule has 0 saturated heterocycles. The maximum absolute atomic E-state index is 12.4. The predicted molar refractivity (Wildman–Crippen MR) is 110 cm³/mol. The van der Waals surface area contributed by atoms with Gasteiger partial charge in [0.05, 0.1) is 0 Å². The maximum atomic E-state index is 12.4. The Balaban J connectivity index is 1.58. The summed E-state index contributed by atoms with van der Waals surface area (Å²) >= 11 is 0. The monoisotopic (exact) mass is 388 g/mol. The third-order valence-corrected chi connectivity index (χ3v) is 4.59. The van der Waals surface area contributed by atoms with Crippen LogP contribution in [0.1, 0.15) is 17.0 Å². The highest BCUT2D eigenvalue weighted by atomic mass is 16.5. The Labute approximate surface area is 167 Å². The van der Waals surface area contributed by atoms with Gasteiger partial charge in [-0.2, -0.15) is 9.97 Å². The van der Waals surface area contributed by atoms with Gasteiger partial charge in [-0.1, -0.05) is 41.6 Å². The number of hydrogen-bond donors (Lipinski definition) is 1. The molecule has 29 heavy (non-hydrogen) atoms. The molecule has 1 amide bonds. The number of ether oxygens (including phenoxy) is 1. The number of aryl methyl sites for hydroxylation is 3. The van der Waals surface area contributed by atoms with E-state index in [1.165, 1.54) is 5.56 Å². The number of hydrogen-bond acceptors (Lipinski definition) is 6. The molecule has 0 radical (unpaired) electrons. The Bertz CT molecular complexity index is 1190. The van der Waals surface area contributed by atoms with Gasteiger partial charge in [-0.05, 0) is 44.0 Å². The molecule has 0 spiro atoms. The minimum Gasteiger partial charge on any atom is -0.467 e. The molecule has 0 fully saturated rings. The van der Waals surface area contributed by atoms with Crippen molar-refractivity contribution < 1.29 is 14.1 Å². The predicted octanol–water partition coefficient (Wildman–Crippen LogP) is 4.23. The van der Waals surface area contributed by atoms with Crippen molar-refractivity contribution in [3.63, 3.8) is 0 Å². The van der Waals surface area contributed by atoms with Gasteiger partial charge in [-0.25, -0.2) is 0 Å². The van der Waals surface area contributed by atoms with Crippen LogP contribution in [0, 0.1) is 20.8 Å². The number of anilines is 1. The van der Waals surface area contributed by atoms with E-state index in [0.717, 1.165) is 16.8 Å². The Hall–Kier alpha value is -3.74. The summed E-state index contributed by atoms with van der Waals surface area (Å²) in [5.41, 5.74) is 4.74. The molecule has 2 aromatic heterocycles. The van der Waals surface area contributed by atoms with Gasteiger partial charge in [0.25, 0.3) is 11.6 Å². The Morgan fingerprint density at radius 1 is 1.03 bits per heavy atom. The zero-order valence-electron chi connectivity index (χ0n) is 16.4. The molecule has 0 aliphatic carbocycles. The van der Waals surface area contributed by atoms with Crippen LogP contribution in [0.3, 0.4) is 0 Å². The quantitative estimate of drug-likeness (QED) is 0.550. The second-order valence-corrected chi connectivity index (χ2v) is 6.79. The van der Waals surface area contributed by atoms with Crippen molar-refractivity contribution in [1.29, 1.82) is 0 Å². The fourth-order valence-corrected chi connectivity index (χ4v) is 2.97. The van der Waals surface area contributed by atoms with Gasteiger partial charge in [0.2, 0.25) is 5.88 Å². The summed E-state index contributed by atoms with van der Waals surface area (Å²) in [4.78, 5) is 21.0. The highest BCUT2D eigenvalue weighted by molar-refractivity contribution is 5.95. The molecule has 4 rings (SSSR count). The normalized spacial score (nSPS) is 10.9. The lowest BCUT2D eigenvalue weighted by Crippen LogP contribution is -2.20. The maximum Gasteiger partial charge on any atom is 0.265 e. The van der Waals surface area contributed by atoms with Crippen LogP contribution in [0.25, 0.3) is 22.4 Å². The summed E-state index contributed by atoms with van der Waals surface area (Å²) in [7, 11) is 0. The molecule has 0 unspecified atom stereocenters. The minimum atomic E-state index is -0.282. The molecule has 2 heterocycles. The van der Waals surface area contributed by atoms with Crippen LogP contribution in [0.15, 0.2) is 53.1 Å². The van der Waals surface area contributed by atoms with Crippen molar-refractivity contribution in [2.45, 2.75) is 20.8 Å². The lowest BCUT2D eigenvalue weighted by Gasteiger charge is -2.09. The van der Waals surface area contributed by atoms with E-state index in [1.807, 2.05) is 62.4 Å². The van der Waals surface area contributed by atoms with E-state index in [-0.39, 0.29) is 18.4 Å². The van der Waals surface area contributed by atoms with Crippen LogP contribution >= 0.6 is 0 Å². The third-order valence-electron chi connectivity index (χ3n) is 4.59. The Kier molecular flexibility index (Phi) is 4.95. The van der Waals surface area contributed by atoms with Gasteiger partial charge >= 0.3 is 0 Å². The fourth-order valence-electron chi connectivity index (χ4n) is 2.97. The first-order valence-electron chi connectivity index (χ1n) is 9.20. The summed E-state index contributed by atoms with van der Waals surface area (Å²) < 4.78 is 11.1. The molecule has 0 bridgehead atoms. The van der Waals surface area contributed by atoms with Crippen molar-refractivity contribution in [2.75, 3.05) is 11.9 Å². The number of carbonyl (C=O) groups is 1. The van der Waals surface area contributed by atoms with Crippen molar-refractivity contribution in [3.05, 3.63) is 65.5 Å². The van der Waals surface area contributed by atoms with Gasteiger partial charge in [0, 0.05) is 11.3 Å². The second-order valence-electron chi connectivity index (χ2n) is 6.79. The number of aromatic nitrogens is 3. The molecule has 146 valence electrons. The van der Waals surface area contributed by atoms with Crippen LogP contribution in [-0.2, 0) is 4.79 Å². The number of nitrogens with one attached hydrogen (secondary N) is 1. The lowest BCUT2D eigenvalue weighted by atomic mass is 10.1. The van der Waals surface area contributed by atoms with E-state index in [1.54, 1.807) is 6.92 Å². The van der Waals surface area contributed by atoms with E-state index < -0.39 is 0 Å². The van der Waals surface area contributed by atoms with Crippen molar-refractivity contribution in [3.8, 4) is 17.1 Å². The van der Waals surface area contributed by atoms with E-state index in [9.17, 15) is 4.79 Å². The minimum absolute atomic E-state index is 0.197. The number of benzene rings is 2. The van der Waals surface area contributed by atoms with Crippen LogP contribution < -0.4 is 10.1 Å². The molecule has 1 N–H and O–H groups in total. The average Bonchev–Trinajstić information content (AvgIpc) is 3.13. The molecular formula is C22H20N4O3. The average molecular weight is 388 g/mol. The topological polar surface area (TPSA) is 90.1 Å². The molecule has 4 aromatic rings. The third kappa shape index (κ3) is 3.94. The molecular weight excluding hydrogens is 368 g/mol. The van der Waals surface area contributed by atoms with Crippen molar-refractivity contribution in [2.24, 2.45) is 0 Å². The number of fused-ring (bicyclic) bond motifs is 1. The van der Waals surface area contributed by atoms with Crippen LogP contribution in [-0.4, -0.2) is 27.6 Å². The summed E-state index contributed by atoms with van der Waals surface area (Å²) in [6.07, 6.45) is 0. The van der Waals surface area contributed by atoms with Crippen molar-refractivity contribution in [1.82, 2.24) is 15.1 Å². The highest BCUT2D eigenvalue weighted by Gasteiger charge is 2.19. The van der Waals surface area contributed by atoms with Gasteiger partial charge in [0.15, 0.2) is 6.61 Å². The SMILES string of the molecule is Cc1nc(OCC(=O)Nc2ccc(C)c(C)c2)c2c(-c3ccccc3)noc2n1. The Morgan fingerprint density at radius 2 is 1.83 bits per heavy atom.